The van der Waals surface area contributed by atoms with Crippen molar-refractivity contribution in [3.8, 4) is 0 Å². The van der Waals surface area contributed by atoms with E-state index >= 15 is 0 Å². The lowest BCUT2D eigenvalue weighted by Gasteiger charge is -2.20. The predicted octanol–water partition coefficient (Wildman–Crippen LogP) is 0.408. The van der Waals surface area contributed by atoms with Gasteiger partial charge in [0.2, 0.25) is 5.91 Å². The number of hydrogen-bond acceptors (Lipinski definition) is 7. The molecule has 1 atom stereocenters. The Morgan fingerprint density at radius 1 is 1.58 bits per heavy atom. The zero-order valence-electron chi connectivity index (χ0n) is 11.3. The van der Waals surface area contributed by atoms with Gasteiger partial charge in [0.25, 0.3) is 0 Å². The van der Waals surface area contributed by atoms with Crippen LogP contribution in [0.15, 0.2) is 4.90 Å². The van der Waals surface area contributed by atoms with Crippen LogP contribution in [0.2, 0.25) is 0 Å². The second-order valence-electron chi connectivity index (χ2n) is 4.22. The predicted molar refractivity (Wildman–Crippen MR) is 76.0 cm³/mol. The number of nitrogens with two attached hydrogens (primary N) is 1. The van der Waals surface area contributed by atoms with Crippen LogP contribution in [0.4, 0.5) is 10.8 Å². The highest BCUT2D eigenvalue weighted by Gasteiger charge is 2.24. The molecule has 0 aromatic carbocycles. The van der Waals surface area contributed by atoms with Crippen LogP contribution >= 0.6 is 11.5 Å². The van der Waals surface area contributed by atoms with E-state index in [1.54, 1.807) is 18.9 Å². The molecule has 0 aliphatic heterocycles. The van der Waals surface area contributed by atoms with Crippen molar-refractivity contribution < 1.29 is 13.2 Å². The van der Waals surface area contributed by atoms with Gasteiger partial charge in [-0.05, 0) is 25.4 Å². The van der Waals surface area contributed by atoms with E-state index in [9.17, 15) is 13.2 Å². The van der Waals surface area contributed by atoms with Crippen LogP contribution < -0.4 is 11.1 Å². The van der Waals surface area contributed by atoms with Gasteiger partial charge in [0.15, 0.2) is 15.7 Å². The maximum Gasteiger partial charge on any atom is 0.244 e. The Morgan fingerprint density at radius 3 is 2.63 bits per heavy atom. The van der Waals surface area contributed by atoms with Gasteiger partial charge in [-0.25, -0.2) is 8.42 Å². The fourth-order valence-electron chi connectivity index (χ4n) is 1.49. The average molecular weight is 306 g/mol. The van der Waals surface area contributed by atoms with Crippen LogP contribution in [0.3, 0.4) is 0 Å². The van der Waals surface area contributed by atoms with Gasteiger partial charge in [-0.2, -0.15) is 4.37 Å². The molecule has 3 N–H and O–H groups in total. The molecule has 0 aliphatic carbocycles. The molecule has 1 aromatic heterocycles. The Kier molecular flexibility index (Phi) is 4.75. The molecule has 0 aliphatic rings. The van der Waals surface area contributed by atoms with Crippen molar-refractivity contribution in [1.29, 1.82) is 0 Å². The molecule has 1 unspecified atom stereocenters. The maximum atomic E-state index is 11.9. The van der Waals surface area contributed by atoms with Gasteiger partial charge in [0.1, 0.15) is 15.9 Å². The fraction of sp³-hybridized carbons (Fsp3) is 0.600. The Labute approximate surface area is 116 Å². The smallest absolute Gasteiger partial charge is 0.244 e. The topological polar surface area (TPSA) is 105 Å². The summed E-state index contributed by atoms with van der Waals surface area (Å²) in [5.41, 5.74) is 5.55. The fourth-order valence-corrected chi connectivity index (χ4v) is 3.63. The molecular formula is C10H18N4O3S2. The molecule has 0 saturated heterocycles. The number of nitrogen functional groups attached to an aromatic ring is 1. The standard InChI is InChI=1S/C10H18N4O3S2/c1-5-14(3)10(15)6(2)12-9-7(19(4,16)17)8(11)13-18-9/h6,12H,5H2,1-4H3,(H2,11,13). The summed E-state index contributed by atoms with van der Waals surface area (Å²) >= 11 is 0.932. The first-order valence-electron chi connectivity index (χ1n) is 5.65. The third kappa shape index (κ3) is 3.57. The first-order valence-corrected chi connectivity index (χ1v) is 8.31. The summed E-state index contributed by atoms with van der Waals surface area (Å²) in [6.45, 7) is 4.10. The average Bonchev–Trinajstić information content (AvgIpc) is 2.67. The van der Waals surface area contributed by atoms with Crippen LogP contribution in [0.1, 0.15) is 13.8 Å². The molecule has 0 bridgehead atoms. The van der Waals surface area contributed by atoms with Crippen molar-refractivity contribution in [3.05, 3.63) is 0 Å². The summed E-state index contributed by atoms with van der Waals surface area (Å²) in [7, 11) is -1.80. The van der Waals surface area contributed by atoms with Crippen molar-refractivity contribution in [2.45, 2.75) is 24.8 Å². The summed E-state index contributed by atoms with van der Waals surface area (Å²) < 4.78 is 27.1. The summed E-state index contributed by atoms with van der Waals surface area (Å²) in [6, 6.07) is -0.551. The van der Waals surface area contributed by atoms with Crippen LogP contribution in [0.25, 0.3) is 0 Å². The summed E-state index contributed by atoms with van der Waals surface area (Å²) in [5, 5.41) is 3.16. The minimum Gasteiger partial charge on any atom is -0.382 e. The van der Waals surface area contributed by atoms with Gasteiger partial charge in [-0.15, -0.1) is 0 Å². The van der Waals surface area contributed by atoms with Gasteiger partial charge < -0.3 is 16.0 Å². The van der Waals surface area contributed by atoms with Crippen LogP contribution in [-0.2, 0) is 14.6 Å². The number of nitrogens with one attached hydrogen (secondary N) is 1. The SMILES string of the molecule is CCN(C)C(=O)C(C)Nc1snc(N)c1S(C)(=O)=O. The molecule has 9 heteroatoms. The minimum absolute atomic E-state index is 0.0431. The van der Waals surface area contributed by atoms with Crippen LogP contribution in [0, 0.1) is 0 Å². The quantitative estimate of drug-likeness (QED) is 0.816. The lowest BCUT2D eigenvalue weighted by atomic mass is 10.3. The Balaban J connectivity index is 2.99. The van der Waals surface area contributed by atoms with E-state index in [2.05, 4.69) is 9.69 Å². The van der Waals surface area contributed by atoms with Gasteiger partial charge in [0.05, 0.1) is 0 Å². The first kappa shape index (κ1) is 15.7. The molecule has 0 spiro atoms. The summed E-state index contributed by atoms with van der Waals surface area (Å²) in [5.74, 6) is -0.174. The van der Waals surface area contributed by atoms with E-state index in [-0.39, 0.29) is 16.6 Å². The van der Waals surface area contributed by atoms with Crippen LogP contribution in [0.5, 0.6) is 0 Å². The molecule has 7 nitrogen and oxygen atoms in total. The number of hydrogen-bond donors (Lipinski definition) is 2. The number of carbonyl (C=O) groups excluding carboxylic acids is 1. The highest BCUT2D eigenvalue weighted by atomic mass is 32.2. The molecule has 0 fully saturated rings. The molecule has 1 rings (SSSR count). The zero-order valence-corrected chi connectivity index (χ0v) is 12.9. The molecule has 0 saturated carbocycles. The van der Waals surface area contributed by atoms with Gasteiger partial charge in [0, 0.05) is 19.8 Å². The monoisotopic (exact) mass is 306 g/mol. The molecule has 1 amide bonds. The second-order valence-corrected chi connectivity index (χ2v) is 6.94. The van der Waals surface area contributed by atoms with Crippen LogP contribution in [-0.4, -0.2) is 49.5 Å². The van der Waals surface area contributed by atoms with E-state index in [1.807, 2.05) is 6.92 Å². The molecule has 19 heavy (non-hydrogen) atoms. The lowest BCUT2D eigenvalue weighted by Crippen LogP contribution is -2.38. The molecular weight excluding hydrogens is 288 g/mol. The van der Waals surface area contributed by atoms with Crippen molar-refractivity contribution >= 4 is 38.1 Å². The number of aromatic nitrogens is 1. The van der Waals surface area contributed by atoms with Gasteiger partial charge in [-0.1, -0.05) is 0 Å². The second kappa shape index (κ2) is 5.74. The number of nitrogens with zero attached hydrogens (tertiary/aromatic N) is 2. The first-order chi connectivity index (χ1) is 8.68. The normalized spacial score (nSPS) is 13.1. The van der Waals surface area contributed by atoms with E-state index in [0.717, 1.165) is 17.8 Å². The summed E-state index contributed by atoms with van der Waals surface area (Å²) in [4.78, 5) is 13.4. The van der Waals surface area contributed by atoms with Gasteiger partial charge in [-0.3, -0.25) is 4.79 Å². The number of sulfone groups is 1. The van der Waals surface area contributed by atoms with E-state index in [4.69, 9.17) is 5.73 Å². The Hall–Kier alpha value is -1.35. The van der Waals surface area contributed by atoms with E-state index < -0.39 is 15.9 Å². The largest absolute Gasteiger partial charge is 0.382 e. The highest BCUT2D eigenvalue weighted by Crippen LogP contribution is 2.31. The number of anilines is 2. The molecule has 1 heterocycles. The highest BCUT2D eigenvalue weighted by molar-refractivity contribution is 7.91. The van der Waals surface area contributed by atoms with Crippen molar-refractivity contribution in [1.82, 2.24) is 9.27 Å². The minimum atomic E-state index is -3.48. The number of carbonyl (C=O) groups is 1. The van der Waals surface area contributed by atoms with E-state index in [1.165, 1.54) is 0 Å². The number of amides is 1. The lowest BCUT2D eigenvalue weighted by molar-refractivity contribution is -0.130. The third-order valence-corrected chi connectivity index (χ3v) is 4.69. The number of likely N-dealkylation sites (N-methyl/N-ethyl adjacent to an activating group) is 1. The van der Waals surface area contributed by atoms with E-state index in [0.29, 0.717) is 11.5 Å². The van der Waals surface area contributed by atoms with Gasteiger partial charge >= 0.3 is 0 Å². The number of rotatable bonds is 5. The van der Waals surface area contributed by atoms with Crippen molar-refractivity contribution in [2.24, 2.45) is 0 Å². The third-order valence-electron chi connectivity index (χ3n) is 2.61. The summed E-state index contributed by atoms with van der Waals surface area (Å²) in [6.07, 6.45) is 1.06. The molecule has 0 radical (unpaired) electrons. The maximum absolute atomic E-state index is 11.9. The van der Waals surface area contributed by atoms with Crippen molar-refractivity contribution in [2.75, 3.05) is 30.9 Å². The Bertz CT molecular complexity index is 567. The van der Waals surface area contributed by atoms with Crippen molar-refractivity contribution in [3.63, 3.8) is 0 Å². The molecule has 108 valence electrons. The molecule has 1 aromatic rings. The Morgan fingerprint density at radius 2 is 2.16 bits per heavy atom. The zero-order chi connectivity index (χ0) is 14.8.